The molecule has 1 amide bonds. The van der Waals surface area contributed by atoms with E-state index in [0.29, 0.717) is 31.9 Å². The topological polar surface area (TPSA) is 103 Å². The van der Waals surface area contributed by atoms with Gasteiger partial charge in [0.1, 0.15) is 5.75 Å². The van der Waals surface area contributed by atoms with Crippen LogP contribution in [0.2, 0.25) is 0 Å². The monoisotopic (exact) mass is 371 g/mol. The quantitative estimate of drug-likeness (QED) is 0.441. The zero-order valence-corrected chi connectivity index (χ0v) is 14.9. The van der Waals surface area contributed by atoms with Crippen LogP contribution in [-0.2, 0) is 4.74 Å². The molecule has 3 rings (SSSR count). The maximum atomic E-state index is 12.9. The highest BCUT2D eigenvalue weighted by Gasteiger charge is 2.25. The van der Waals surface area contributed by atoms with Crippen LogP contribution in [0.3, 0.4) is 0 Å². The zero-order valence-electron chi connectivity index (χ0n) is 14.9. The average Bonchev–Trinajstić information content (AvgIpc) is 2.68. The van der Waals surface area contributed by atoms with Crippen molar-refractivity contribution < 1.29 is 19.2 Å². The first-order valence-corrected chi connectivity index (χ1v) is 8.64. The molecule has 1 aliphatic rings. The Morgan fingerprint density at radius 1 is 1.33 bits per heavy atom. The van der Waals surface area contributed by atoms with E-state index in [4.69, 9.17) is 9.47 Å². The number of hydrogen-bond donors (Lipinski definition) is 2. The molecule has 0 aromatic heterocycles. The number of ether oxygens (including phenoxy) is 2. The molecule has 142 valence electrons. The Morgan fingerprint density at radius 2 is 2.15 bits per heavy atom. The lowest BCUT2D eigenvalue weighted by Crippen LogP contribution is -2.32. The van der Waals surface area contributed by atoms with E-state index in [1.807, 2.05) is 24.3 Å². The summed E-state index contributed by atoms with van der Waals surface area (Å²) in [5.41, 5.74) is 1.51. The minimum absolute atomic E-state index is 0.134. The first kappa shape index (κ1) is 18.7. The molecule has 0 aliphatic carbocycles. The van der Waals surface area contributed by atoms with Crippen LogP contribution in [0.15, 0.2) is 42.5 Å². The first-order valence-electron chi connectivity index (χ1n) is 8.64. The van der Waals surface area contributed by atoms with E-state index in [0.717, 1.165) is 11.3 Å². The summed E-state index contributed by atoms with van der Waals surface area (Å²) in [6, 6.07) is 11.5. The molecule has 0 unspecified atom stereocenters. The number of benzene rings is 2. The van der Waals surface area contributed by atoms with E-state index >= 15 is 0 Å². The Kier molecular flexibility index (Phi) is 5.87. The van der Waals surface area contributed by atoms with Crippen LogP contribution < -0.4 is 15.4 Å². The van der Waals surface area contributed by atoms with Gasteiger partial charge in [-0.25, -0.2) is 0 Å². The normalized spacial score (nSPS) is 15.4. The third kappa shape index (κ3) is 4.35. The number of para-hydroxylation sites is 1. The summed E-state index contributed by atoms with van der Waals surface area (Å²) in [4.78, 5) is 23.5. The molecule has 2 N–H and O–H groups in total. The second kappa shape index (κ2) is 8.50. The van der Waals surface area contributed by atoms with Gasteiger partial charge in [0.25, 0.3) is 11.6 Å². The number of anilines is 1. The van der Waals surface area contributed by atoms with Crippen molar-refractivity contribution in [2.24, 2.45) is 0 Å². The smallest absolute Gasteiger partial charge is 0.270 e. The van der Waals surface area contributed by atoms with E-state index in [9.17, 15) is 14.9 Å². The van der Waals surface area contributed by atoms with E-state index in [1.165, 1.54) is 12.1 Å². The third-order valence-corrected chi connectivity index (χ3v) is 4.34. The molecule has 0 fully saturated rings. The lowest BCUT2D eigenvalue weighted by Gasteiger charge is -2.27. The zero-order chi connectivity index (χ0) is 19.2. The SMILES string of the molecule is COCCNc1ccc([N+](=O)[O-])cc1C(=O)N[C@@H]1CCOc2ccccc21. The summed E-state index contributed by atoms with van der Waals surface area (Å²) in [6.45, 7) is 1.43. The number of hydrogen-bond acceptors (Lipinski definition) is 6. The predicted molar refractivity (Wildman–Crippen MR) is 100 cm³/mol. The van der Waals surface area contributed by atoms with Crippen molar-refractivity contribution in [1.29, 1.82) is 0 Å². The molecule has 27 heavy (non-hydrogen) atoms. The lowest BCUT2D eigenvalue weighted by atomic mass is 10.00. The number of non-ortho nitro benzene ring substituents is 1. The molecule has 2 aromatic carbocycles. The molecular weight excluding hydrogens is 350 g/mol. The molecule has 0 spiro atoms. The summed E-state index contributed by atoms with van der Waals surface area (Å²) < 4.78 is 10.6. The molecule has 2 aromatic rings. The van der Waals surface area contributed by atoms with Gasteiger partial charge in [-0.3, -0.25) is 14.9 Å². The summed E-state index contributed by atoms with van der Waals surface area (Å²) in [5.74, 6) is 0.367. The van der Waals surface area contributed by atoms with Gasteiger partial charge in [-0.1, -0.05) is 18.2 Å². The van der Waals surface area contributed by atoms with Crippen LogP contribution in [0.1, 0.15) is 28.4 Å². The van der Waals surface area contributed by atoms with E-state index in [2.05, 4.69) is 10.6 Å². The van der Waals surface area contributed by atoms with Gasteiger partial charge >= 0.3 is 0 Å². The molecule has 1 atom stereocenters. The largest absolute Gasteiger partial charge is 0.493 e. The van der Waals surface area contributed by atoms with Gasteiger partial charge in [-0.05, 0) is 12.1 Å². The number of methoxy groups -OCH3 is 1. The number of carbonyl (C=O) groups is 1. The number of nitro benzene ring substituents is 1. The summed E-state index contributed by atoms with van der Waals surface area (Å²) >= 11 is 0. The van der Waals surface area contributed by atoms with Gasteiger partial charge in [0.05, 0.1) is 29.7 Å². The number of fused-ring (bicyclic) bond motifs is 1. The fourth-order valence-electron chi connectivity index (χ4n) is 3.00. The Labute approximate surface area is 156 Å². The Bertz CT molecular complexity index is 840. The molecule has 0 saturated heterocycles. The van der Waals surface area contributed by atoms with Crippen LogP contribution >= 0.6 is 0 Å². The van der Waals surface area contributed by atoms with Gasteiger partial charge in [0, 0.05) is 43.5 Å². The minimum atomic E-state index is -0.514. The summed E-state index contributed by atoms with van der Waals surface area (Å²) in [7, 11) is 1.58. The minimum Gasteiger partial charge on any atom is -0.493 e. The van der Waals surface area contributed by atoms with Gasteiger partial charge in [-0.15, -0.1) is 0 Å². The first-order chi connectivity index (χ1) is 13.1. The van der Waals surface area contributed by atoms with Crippen LogP contribution in [0.5, 0.6) is 5.75 Å². The highest BCUT2D eigenvalue weighted by atomic mass is 16.6. The highest BCUT2D eigenvalue weighted by Crippen LogP contribution is 2.32. The van der Waals surface area contributed by atoms with Crippen LogP contribution in [0.4, 0.5) is 11.4 Å². The van der Waals surface area contributed by atoms with Crippen molar-refractivity contribution >= 4 is 17.3 Å². The van der Waals surface area contributed by atoms with Gasteiger partial charge < -0.3 is 20.1 Å². The Hall–Kier alpha value is -3.13. The Balaban J connectivity index is 1.84. The van der Waals surface area contributed by atoms with Gasteiger partial charge in [0.2, 0.25) is 0 Å². The molecule has 0 saturated carbocycles. The van der Waals surface area contributed by atoms with Crippen molar-refractivity contribution in [3.63, 3.8) is 0 Å². The van der Waals surface area contributed by atoms with Crippen molar-refractivity contribution in [1.82, 2.24) is 5.32 Å². The number of nitrogens with one attached hydrogen (secondary N) is 2. The number of amides is 1. The number of carbonyl (C=O) groups excluding carboxylic acids is 1. The molecule has 1 aliphatic heterocycles. The molecule has 8 nitrogen and oxygen atoms in total. The second-order valence-corrected chi connectivity index (χ2v) is 6.11. The average molecular weight is 371 g/mol. The number of nitro groups is 1. The molecular formula is C19H21N3O5. The number of nitrogens with zero attached hydrogens (tertiary/aromatic N) is 1. The van der Waals surface area contributed by atoms with Crippen LogP contribution in [0.25, 0.3) is 0 Å². The van der Waals surface area contributed by atoms with Crippen molar-refractivity contribution in [3.8, 4) is 5.75 Å². The van der Waals surface area contributed by atoms with E-state index < -0.39 is 4.92 Å². The summed E-state index contributed by atoms with van der Waals surface area (Å²) in [5, 5.41) is 17.2. The standard InChI is InChI=1S/C19H21N3O5/c1-26-11-9-20-16-7-6-13(22(24)25)12-15(16)19(23)21-17-8-10-27-18-5-3-2-4-14(17)18/h2-7,12,17,20H,8-11H2,1H3,(H,21,23)/t17-/m1/s1. The third-order valence-electron chi connectivity index (χ3n) is 4.34. The van der Waals surface area contributed by atoms with Crippen molar-refractivity contribution in [3.05, 3.63) is 63.7 Å². The molecule has 0 bridgehead atoms. The Morgan fingerprint density at radius 3 is 2.93 bits per heavy atom. The maximum absolute atomic E-state index is 12.9. The maximum Gasteiger partial charge on any atom is 0.270 e. The van der Waals surface area contributed by atoms with E-state index in [-0.39, 0.29) is 23.2 Å². The number of rotatable bonds is 7. The fourth-order valence-corrected chi connectivity index (χ4v) is 3.00. The fraction of sp³-hybridized carbons (Fsp3) is 0.316. The second-order valence-electron chi connectivity index (χ2n) is 6.11. The lowest BCUT2D eigenvalue weighted by molar-refractivity contribution is -0.384. The summed E-state index contributed by atoms with van der Waals surface area (Å²) in [6.07, 6.45) is 0.629. The van der Waals surface area contributed by atoms with E-state index in [1.54, 1.807) is 13.2 Å². The van der Waals surface area contributed by atoms with Crippen LogP contribution in [-0.4, -0.2) is 37.7 Å². The molecule has 8 heteroatoms. The van der Waals surface area contributed by atoms with Crippen LogP contribution in [0, 0.1) is 10.1 Å². The van der Waals surface area contributed by atoms with Crippen molar-refractivity contribution in [2.45, 2.75) is 12.5 Å². The van der Waals surface area contributed by atoms with Gasteiger partial charge in [-0.2, -0.15) is 0 Å². The van der Waals surface area contributed by atoms with Gasteiger partial charge in [0.15, 0.2) is 0 Å². The molecule has 1 heterocycles. The highest BCUT2D eigenvalue weighted by molar-refractivity contribution is 6.00. The van der Waals surface area contributed by atoms with Crippen molar-refractivity contribution in [2.75, 3.05) is 32.2 Å². The predicted octanol–water partition coefficient (Wildman–Crippen LogP) is 2.91. The molecule has 0 radical (unpaired) electrons.